The molecule has 0 saturated carbocycles. The summed E-state index contributed by atoms with van der Waals surface area (Å²) < 4.78 is 5.08. The Morgan fingerprint density at radius 3 is 2.86 bits per heavy atom. The predicted octanol–water partition coefficient (Wildman–Crippen LogP) is 1.21. The van der Waals surface area contributed by atoms with Gasteiger partial charge in [0.2, 0.25) is 0 Å². The largest absolute Gasteiger partial charge is 0.381 e. The van der Waals surface area contributed by atoms with Gasteiger partial charge in [-0.25, -0.2) is 0 Å². The molecule has 1 fully saturated rings. The van der Waals surface area contributed by atoms with Gasteiger partial charge in [-0.05, 0) is 6.42 Å². The molecule has 1 heterocycles. The van der Waals surface area contributed by atoms with E-state index in [2.05, 4.69) is 6.58 Å². The summed E-state index contributed by atoms with van der Waals surface area (Å²) in [6.45, 7) is 5.48. The first kappa shape index (κ1) is 4.85. The molecular formula is C6H10O. The minimum atomic E-state index is 0.639. The fourth-order valence-corrected chi connectivity index (χ4v) is 0.739. The average Bonchev–Trinajstić information content (AvgIpc) is 2.14. The van der Waals surface area contributed by atoms with Crippen molar-refractivity contribution in [3.8, 4) is 0 Å². The zero-order chi connectivity index (χ0) is 5.11. The van der Waals surface area contributed by atoms with Crippen LogP contribution in [0.5, 0.6) is 0 Å². The molecular weight excluding hydrogens is 88.1 g/mol. The van der Waals surface area contributed by atoms with Gasteiger partial charge in [-0.2, -0.15) is 0 Å². The third-order valence-electron chi connectivity index (χ3n) is 1.30. The van der Waals surface area contributed by atoms with Crippen molar-refractivity contribution in [1.29, 1.82) is 0 Å². The smallest absolute Gasteiger partial charge is 0.0529 e. The van der Waals surface area contributed by atoms with Crippen LogP contribution in [0.4, 0.5) is 0 Å². The van der Waals surface area contributed by atoms with E-state index in [1.54, 1.807) is 0 Å². The summed E-state index contributed by atoms with van der Waals surface area (Å²) in [6, 6.07) is 0. The first-order chi connectivity index (χ1) is 3.43. The van der Waals surface area contributed by atoms with Gasteiger partial charge >= 0.3 is 0 Å². The summed E-state index contributed by atoms with van der Waals surface area (Å²) in [5.41, 5.74) is 0. The lowest BCUT2D eigenvalue weighted by atomic mass is 10.1. The summed E-state index contributed by atoms with van der Waals surface area (Å²) in [6.07, 6.45) is 3.14. The maximum atomic E-state index is 5.08. The quantitative estimate of drug-likeness (QED) is 0.448. The first-order valence-corrected chi connectivity index (χ1v) is 2.64. The van der Waals surface area contributed by atoms with Gasteiger partial charge in [-0.15, -0.1) is 6.58 Å². The molecule has 1 rings (SSSR count). The van der Waals surface area contributed by atoms with Crippen LogP contribution in [0, 0.1) is 5.92 Å². The molecule has 0 aromatic heterocycles. The highest BCUT2D eigenvalue weighted by atomic mass is 16.5. The normalized spacial score (nSPS) is 30.6. The highest BCUT2D eigenvalue weighted by molar-refractivity contribution is 4.81. The second kappa shape index (κ2) is 2.12. The molecule has 1 saturated heterocycles. The number of hydrogen-bond donors (Lipinski definition) is 0. The monoisotopic (exact) mass is 98.1 g/mol. The number of ether oxygens (including phenoxy) is 1. The molecule has 1 heteroatoms. The Labute approximate surface area is 44.0 Å². The van der Waals surface area contributed by atoms with E-state index >= 15 is 0 Å². The lowest BCUT2D eigenvalue weighted by Crippen LogP contribution is -1.90. The van der Waals surface area contributed by atoms with E-state index in [1.807, 2.05) is 6.08 Å². The second-order valence-electron chi connectivity index (χ2n) is 1.86. The van der Waals surface area contributed by atoms with Crippen LogP contribution in [0.2, 0.25) is 0 Å². The van der Waals surface area contributed by atoms with Gasteiger partial charge in [-0.3, -0.25) is 0 Å². The van der Waals surface area contributed by atoms with Crippen LogP contribution in [-0.4, -0.2) is 13.2 Å². The van der Waals surface area contributed by atoms with Crippen molar-refractivity contribution in [1.82, 2.24) is 0 Å². The summed E-state index contributed by atoms with van der Waals surface area (Å²) in [7, 11) is 0. The molecule has 0 aromatic rings. The molecule has 1 aliphatic heterocycles. The van der Waals surface area contributed by atoms with Gasteiger partial charge in [-0.1, -0.05) is 6.08 Å². The van der Waals surface area contributed by atoms with Crippen LogP contribution in [0.25, 0.3) is 0 Å². The van der Waals surface area contributed by atoms with E-state index in [0.717, 1.165) is 13.2 Å². The Morgan fingerprint density at radius 1 is 1.71 bits per heavy atom. The summed E-state index contributed by atoms with van der Waals surface area (Å²) in [4.78, 5) is 0. The molecule has 0 radical (unpaired) electrons. The minimum absolute atomic E-state index is 0.639. The van der Waals surface area contributed by atoms with Crippen molar-refractivity contribution in [3.63, 3.8) is 0 Å². The highest BCUT2D eigenvalue weighted by Crippen LogP contribution is 2.11. The predicted molar refractivity (Wildman–Crippen MR) is 29.1 cm³/mol. The van der Waals surface area contributed by atoms with Crippen LogP contribution in [-0.2, 0) is 4.74 Å². The van der Waals surface area contributed by atoms with E-state index < -0.39 is 0 Å². The third kappa shape index (κ3) is 1.03. The molecule has 0 amide bonds. The Morgan fingerprint density at radius 2 is 2.57 bits per heavy atom. The van der Waals surface area contributed by atoms with Crippen molar-refractivity contribution in [3.05, 3.63) is 12.7 Å². The molecule has 0 spiro atoms. The van der Waals surface area contributed by atoms with Gasteiger partial charge in [0.05, 0.1) is 6.61 Å². The first-order valence-electron chi connectivity index (χ1n) is 2.64. The molecule has 7 heavy (non-hydrogen) atoms. The van der Waals surface area contributed by atoms with Crippen LogP contribution >= 0.6 is 0 Å². The molecule has 0 bridgehead atoms. The van der Waals surface area contributed by atoms with E-state index in [1.165, 1.54) is 6.42 Å². The van der Waals surface area contributed by atoms with Crippen LogP contribution in [0.3, 0.4) is 0 Å². The highest BCUT2D eigenvalue weighted by Gasteiger charge is 2.09. The fraction of sp³-hybridized carbons (Fsp3) is 0.667. The summed E-state index contributed by atoms with van der Waals surface area (Å²) in [5, 5.41) is 0. The van der Waals surface area contributed by atoms with Gasteiger partial charge in [0.15, 0.2) is 0 Å². The Balaban J connectivity index is 2.26. The fourth-order valence-electron chi connectivity index (χ4n) is 0.739. The SMILES string of the molecule is C=C[C@@H]1CCOC1. The average molecular weight is 98.1 g/mol. The van der Waals surface area contributed by atoms with E-state index in [0.29, 0.717) is 5.92 Å². The number of rotatable bonds is 1. The standard InChI is InChI=1S/C6H10O/c1-2-6-3-4-7-5-6/h2,6H,1,3-5H2/t6-/m1/s1. The molecule has 0 aromatic carbocycles. The maximum Gasteiger partial charge on any atom is 0.0529 e. The van der Waals surface area contributed by atoms with E-state index in [4.69, 9.17) is 4.74 Å². The van der Waals surface area contributed by atoms with Crippen molar-refractivity contribution in [2.45, 2.75) is 6.42 Å². The lowest BCUT2D eigenvalue weighted by Gasteiger charge is -1.92. The molecule has 0 aliphatic carbocycles. The maximum absolute atomic E-state index is 5.08. The zero-order valence-corrected chi connectivity index (χ0v) is 4.39. The van der Waals surface area contributed by atoms with Gasteiger partial charge in [0.1, 0.15) is 0 Å². The minimum Gasteiger partial charge on any atom is -0.381 e. The molecule has 40 valence electrons. The van der Waals surface area contributed by atoms with Crippen molar-refractivity contribution in [2.24, 2.45) is 5.92 Å². The summed E-state index contributed by atoms with van der Waals surface area (Å²) >= 11 is 0. The van der Waals surface area contributed by atoms with Crippen molar-refractivity contribution in [2.75, 3.05) is 13.2 Å². The van der Waals surface area contributed by atoms with E-state index in [-0.39, 0.29) is 0 Å². The lowest BCUT2D eigenvalue weighted by molar-refractivity contribution is 0.191. The number of hydrogen-bond acceptors (Lipinski definition) is 1. The zero-order valence-electron chi connectivity index (χ0n) is 4.39. The topological polar surface area (TPSA) is 9.23 Å². The van der Waals surface area contributed by atoms with Crippen molar-refractivity contribution >= 4 is 0 Å². The molecule has 0 N–H and O–H groups in total. The van der Waals surface area contributed by atoms with E-state index in [9.17, 15) is 0 Å². The molecule has 1 nitrogen and oxygen atoms in total. The molecule has 1 aliphatic rings. The van der Waals surface area contributed by atoms with Crippen molar-refractivity contribution < 1.29 is 4.74 Å². The van der Waals surface area contributed by atoms with Crippen LogP contribution in [0.1, 0.15) is 6.42 Å². The third-order valence-corrected chi connectivity index (χ3v) is 1.30. The van der Waals surface area contributed by atoms with Gasteiger partial charge in [0, 0.05) is 12.5 Å². The Hall–Kier alpha value is -0.300. The van der Waals surface area contributed by atoms with Gasteiger partial charge in [0.25, 0.3) is 0 Å². The second-order valence-corrected chi connectivity index (χ2v) is 1.86. The Bertz CT molecular complexity index is 62.6. The Kier molecular flexibility index (Phi) is 1.47. The summed E-state index contributed by atoms with van der Waals surface area (Å²) in [5.74, 6) is 0.639. The molecule has 0 unspecified atom stereocenters. The van der Waals surface area contributed by atoms with Crippen LogP contribution < -0.4 is 0 Å². The van der Waals surface area contributed by atoms with Gasteiger partial charge < -0.3 is 4.74 Å². The van der Waals surface area contributed by atoms with Crippen LogP contribution in [0.15, 0.2) is 12.7 Å². The molecule has 1 atom stereocenters.